The van der Waals surface area contributed by atoms with E-state index in [4.69, 9.17) is 0 Å². The summed E-state index contributed by atoms with van der Waals surface area (Å²) in [6.07, 6.45) is 3.22. The molecule has 41 heavy (non-hydrogen) atoms. The summed E-state index contributed by atoms with van der Waals surface area (Å²) in [5, 5.41) is 5.70. The molecule has 0 aromatic heterocycles. The number of rotatable bonds is 10. The van der Waals surface area contributed by atoms with E-state index in [2.05, 4.69) is 76.9 Å². The molecule has 1 N–H and O–H groups in total. The third-order valence-electron chi connectivity index (χ3n) is 8.53. The molecule has 1 heterocycles. The van der Waals surface area contributed by atoms with Crippen LogP contribution in [0.5, 0.6) is 0 Å². The minimum absolute atomic E-state index is 0.00445. The van der Waals surface area contributed by atoms with E-state index >= 15 is 0 Å². The molecule has 1 aliphatic heterocycles. The zero-order chi connectivity index (χ0) is 28.7. The molecule has 1 unspecified atom stereocenters. The first-order valence-electron chi connectivity index (χ1n) is 14.8. The monoisotopic (exact) mass is 547 g/mol. The van der Waals surface area contributed by atoms with Crippen LogP contribution in [0.4, 0.5) is 0 Å². The molecule has 5 rings (SSSR count). The van der Waals surface area contributed by atoms with Crippen LogP contribution in [-0.4, -0.2) is 48.3 Å². The van der Waals surface area contributed by atoms with Crippen molar-refractivity contribution in [2.24, 2.45) is 5.92 Å². The zero-order valence-corrected chi connectivity index (χ0v) is 24.3. The highest BCUT2D eigenvalue weighted by atomic mass is 16.2. The van der Waals surface area contributed by atoms with Crippen LogP contribution in [0.2, 0.25) is 0 Å². The molecule has 1 fully saturated rings. The van der Waals surface area contributed by atoms with Crippen molar-refractivity contribution < 1.29 is 9.59 Å². The second-order valence-electron chi connectivity index (χ2n) is 11.5. The first-order valence-corrected chi connectivity index (χ1v) is 14.8. The van der Waals surface area contributed by atoms with Crippen LogP contribution in [-0.2, 0) is 28.1 Å². The molecule has 1 saturated heterocycles. The highest BCUT2D eigenvalue weighted by molar-refractivity contribution is 5.83. The van der Waals surface area contributed by atoms with Gasteiger partial charge in [-0.2, -0.15) is 0 Å². The quantitative estimate of drug-likeness (QED) is 0.258. The maximum absolute atomic E-state index is 13.9. The number of piperidine rings is 1. The maximum Gasteiger partial charge on any atom is 0.226 e. The number of fused-ring (bicyclic) bond motifs is 1. The Hall–Kier alpha value is -3.96. The lowest BCUT2D eigenvalue weighted by Gasteiger charge is -2.43. The molecule has 212 valence electrons. The predicted octanol–water partition coefficient (Wildman–Crippen LogP) is 6.17. The molecule has 2 amide bonds. The standard InChI is InChI=1S/C36H41N3O2/c1-28(40)37-36(34-15-7-4-8-16-34)20-23-39(24-21-36)22-19-33(35(41)38(2)27-29-11-5-3-6-12-29)26-30-17-18-31-13-9-10-14-32(31)25-30/h3-18,25,33H,19-24,26-27H2,1-2H3,(H,37,40). The number of hydrogen-bond acceptors (Lipinski definition) is 3. The lowest BCUT2D eigenvalue weighted by Crippen LogP contribution is -2.52. The maximum atomic E-state index is 13.9. The summed E-state index contributed by atoms with van der Waals surface area (Å²) in [4.78, 5) is 30.3. The van der Waals surface area contributed by atoms with E-state index in [1.165, 1.54) is 21.9 Å². The summed E-state index contributed by atoms with van der Waals surface area (Å²) in [5.74, 6) is 0.0849. The van der Waals surface area contributed by atoms with E-state index in [1.807, 2.05) is 48.3 Å². The lowest BCUT2D eigenvalue weighted by molar-refractivity contribution is -0.135. The highest BCUT2D eigenvalue weighted by Crippen LogP contribution is 2.33. The summed E-state index contributed by atoms with van der Waals surface area (Å²) in [6, 6.07) is 35.5. The van der Waals surface area contributed by atoms with Crippen LogP contribution in [0.15, 0.2) is 103 Å². The zero-order valence-electron chi connectivity index (χ0n) is 24.3. The Morgan fingerprint density at radius 2 is 1.46 bits per heavy atom. The highest BCUT2D eigenvalue weighted by Gasteiger charge is 2.37. The third kappa shape index (κ3) is 7.22. The van der Waals surface area contributed by atoms with Gasteiger partial charge >= 0.3 is 0 Å². The van der Waals surface area contributed by atoms with E-state index < -0.39 is 0 Å². The number of nitrogens with one attached hydrogen (secondary N) is 1. The van der Waals surface area contributed by atoms with Crippen LogP contribution in [0.1, 0.15) is 42.9 Å². The van der Waals surface area contributed by atoms with Gasteiger partial charge in [0.1, 0.15) is 0 Å². The van der Waals surface area contributed by atoms with Gasteiger partial charge in [0.25, 0.3) is 0 Å². The fraction of sp³-hybridized carbons (Fsp3) is 0.333. The molecule has 1 atom stereocenters. The molecule has 0 saturated carbocycles. The number of benzene rings is 4. The molecule has 4 aromatic rings. The Bertz CT molecular complexity index is 1450. The van der Waals surface area contributed by atoms with Gasteiger partial charge < -0.3 is 15.1 Å². The van der Waals surface area contributed by atoms with Gasteiger partial charge in [-0.25, -0.2) is 0 Å². The molecule has 4 aromatic carbocycles. The Labute approximate surface area is 244 Å². The van der Waals surface area contributed by atoms with Gasteiger partial charge in [-0.3, -0.25) is 9.59 Å². The molecule has 5 heteroatoms. The van der Waals surface area contributed by atoms with E-state index in [-0.39, 0.29) is 23.3 Å². The summed E-state index contributed by atoms with van der Waals surface area (Å²) >= 11 is 0. The average molecular weight is 548 g/mol. The molecule has 0 aliphatic carbocycles. The number of amides is 2. The van der Waals surface area contributed by atoms with Crippen molar-refractivity contribution in [1.29, 1.82) is 0 Å². The average Bonchev–Trinajstić information content (AvgIpc) is 3.00. The van der Waals surface area contributed by atoms with E-state index in [9.17, 15) is 9.59 Å². The van der Waals surface area contributed by atoms with Crippen molar-refractivity contribution >= 4 is 22.6 Å². The van der Waals surface area contributed by atoms with Gasteiger partial charge in [-0.1, -0.05) is 103 Å². The van der Waals surface area contributed by atoms with Gasteiger partial charge in [0.2, 0.25) is 11.8 Å². The molecule has 0 bridgehead atoms. The van der Waals surface area contributed by atoms with Crippen molar-refractivity contribution in [3.8, 4) is 0 Å². The predicted molar refractivity (Wildman–Crippen MR) is 166 cm³/mol. The van der Waals surface area contributed by atoms with Gasteiger partial charge in [-0.15, -0.1) is 0 Å². The molecular weight excluding hydrogens is 506 g/mol. The van der Waals surface area contributed by atoms with E-state index in [0.717, 1.165) is 50.9 Å². The number of nitrogens with zero attached hydrogens (tertiary/aromatic N) is 2. The SMILES string of the molecule is CC(=O)NC1(c2ccccc2)CCN(CCC(Cc2ccc3ccccc3c2)C(=O)N(C)Cc2ccccc2)CC1. The first kappa shape index (κ1) is 28.6. The van der Waals surface area contributed by atoms with Crippen molar-refractivity contribution in [3.63, 3.8) is 0 Å². The normalized spacial score (nSPS) is 15.8. The van der Waals surface area contributed by atoms with Gasteiger partial charge in [-0.05, 0) is 59.7 Å². The van der Waals surface area contributed by atoms with Gasteiger partial charge in [0, 0.05) is 39.5 Å². The summed E-state index contributed by atoms with van der Waals surface area (Å²) < 4.78 is 0. The second-order valence-corrected chi connectivity index (χ2v) is 11.5. The van der Waals surface area contributed by atoms with Crippen LogP contribution >= 0.6 is 0 Å². The van der Waals surface area contributed by atoms with Crippen LogP contribution in [0, 0.1) is 5.92 Å². The van der Waals surface area contributed by atoms with Crippen LogP contribution in [0.3, 0.4) is 0 Å². The first-order chi connectivity index (χ1) is 19.9. The summed E-state index contributed by atoms with van der Waals surface area (Å²) in [7, 11) is 1.92. The number of carbonyl (C=O) groups excluding carboxylic acids is 2. The van der Waals surface area contributed by atoms with E-state index in [0.29, 0.717) is 6.54 Å². The smallest absolute Gasteiger partial charge is 0.226 e. The summed E-state index contributed by atoms with van der Waals surface area (Å²) in [5.41, 5.74) is 3.17. The van der Waals surface area contributed by atoms with Crippen molar-refractivity contribution in [2.75, 3.05) is 26.7 Å². The third-order valence-corrected chi connectivity index (χ3v) is 8.53. The minimum atomic E-state index is -0.334. The van der Waals surface area contributed by atoms with Crippen LogP contribution < -0.4 is 5.32 Å². The largest absolute Gasteiger partial charge is 0.347 e. The number of carbonyl (C=O) groups is 2. The Morgan fingerprint density at radius 3 is 2.15 bits per heavy atom. The fourth-order valence-corrected chi connectivity index (χ4v) is 6.29. The van der Waals surface area contributed by atoms with E-state index in [1.54, 1.807) is 6.92 Å². The Balaban J connectivity index is 1.28. The van der Waals surface area contributed by atoms with Gasteiger partial charge in [0.15, 0.2) is 0 Å². The second kappa shape index (κ2) is 13.1. The van der Waals surface area contributed by atoms with Crippen molar-refractivity contribution in [2.45, 2.75) is 44.7 Å². The minimum Gasteiger partial charge on any atom is -0.347 e. The molecule has 0 radical (unpaired) electrons. The number of likely N-dealkylation sites (tertiary alicyclic amines) is 1. The Kier molecular flexibility index (Phi) is 9.15. The van der Waals surface area contributed by atoms with Crippen LogP contribution in [0.25, 0.3) is 10.8 Å². The lowest BCUT2D eigenvalue weighted by atomic mass is 9.80. The van der Waals surface area contributed by atoms with Crippen molar-refractivity contribution in [1.82, 2.24) is 15.1 Å². The number of hydrogen-bond donors (Lipinski definition) is 1. The molecule has 1 aliphatic rings. The molecule has 0 spiro atoms. The summed E-state index contributed by atoms with van der Waals surface area (Å²) in [6.45, 7) is 4.83. The van der Waals surface area contributed by atoms with Gasteiger partial charge in [0.05, 0.1) is 5.54 Å². The molecular formula is C36H41N3O2. The topological polar surface area (TPSA) is 52.7 Å². The van der Waals surface area contributed by atoms with Crippen molar-refractivity contribution in [3.05, 3.63) is 120 Å². The fourth-order valence-electron chi connectivity index (χ4n) is 6.29. The molecule has 5 nitrogen and oxygen atoms in total. The Morgan fingerprint density at radius 1 is 0.829 bits per heavy atom.